The number of ether oxygens (including phenoxy) is 1. The highest BCUT2D eigenvalue weighted by Gasteiger charge is 2.39. The van der Waals surface area contributed by atoms with Gasteiger partial charge in [-0.1, -0.05) is 32.0 Å². The average Bonchev–Trinajstić information content (AvgIpc) is 3.90. The van der Waals surface area contributed by atoms with E-state index in [1.807, 2.05) is 13.8 Å². The first-order valence-corrected chi connectivity index (χ1v) is 23.5. The molecule has 16 nitrogen and oxygen atoms in total. The summed E-state index contributed by atoms with van der Waals surface area (Å²) in [6.45, 7) is 16.8. The molecule has 2 aromatic carbocycles. The average molecular weight is 888 g/mol. The minimum absolute atomic E-state index is 0.00580. The van der Waals surface area contributed by atoms with Gasteiger partial charge in [0.25, 0.3) is 5.91 Å². The van der Waals surface area contributed by atoms with Crippen molar-refractivity contribution in [1.29, 1.82) is 0 Å². The van der Waals surface area contributed by atoms with Gasteiger partial charge in [0.05, 0.1) is 34.6 Å². The molecule has 10 rings (SSSR count). The summed E-state index contributed by atoms with van der Waals surface area (Å²) in [5.74, 6) is 1.72. The highest BCUT2D eigenvalue weighted by Crippen LogP contribution is 2.37. The number of phenolic OH excluding ortho intramolecular Hbond substituents is 2. The maximum atomic E-state index is 13.7. The van der Waals surface area contributed by atoms with Crippen LogP contribution in [-0.4, -0.2) is 151 Å². The maximum absolute atomic E-state index is 13.7. The lowest BCUT2D eigenvalue weighted by Gasteiger charge is -2.49. The van der Waals surface area contributed by atoms with E-state index in [0.29, 0.717) is 49.6 Å². The fourth-order valence-corrected chi connectivity index (χ4v) is 11.1. The number of thiophene rings is 1. The van der Waals surface area contributed by atoms with Crippen LogP contribution in [0.5, 0.6) is 11.5 Å². The Bertz CT molecular complexity index is 2520. The van der Waals surface area contributed by atoms with Gasteiger partial charge in [-0.3, -0.25) is 24.3 Å². The van der Waals surface area contributed by atoms with Crippen molar-refractivity contribution < 1.29 is 24.5 Å². The van der Waals surface area contributed by atoms with Crippen LogP contribution in [0.3, 0.4) is 0 Å². The van der Waals surface area contributed by atoms with Gasteiger partial charge in [0.15, 0.2) is 11.6 Å². The van der Waals surface area contributed by atoms with E-state index < -0.39 is 0 Å². The molecule has 5 aromatic rings. The third-order valence-corrected chi connectivity index (χ3v) is 14.8. The monoisotopic (exact) mass is 887 g/mol. The Morgan fingerprint density at radius 1 is 0.828 bits per heavy atom. The fourth-order valence-electron chi connectivity index (χ4n) is 9.93. The first-order valence-electron chi connectivity index (χ1n) is 22.7. The molecule has 2 amide bonds. The molecule has 64 heavy (non-hydrogen) atoms. The van der Waals surface area contributed by atoms with Crippen molar-refractivity contribution in [2.24, 2.45) is 5.92 Å². The van der Waals surface area contributed by atoms with Crippen LogP contribution in [0.25, 0.3) is 21.6 Å². The van der Waals surface area contributed by atoms with Gasteiger partial charge in [-0.15, -0.1) is 11.3 Å². The first-order chi connectivity index (χ1) is 31.0. The molecule has 0 saturated carbocycles. The van der Waals surface area contributed by atoms with Crippen LogP contribution in [0.4, 0.5) is 11.8 Å². The Morgan fingerprint density at radius 3 is 2.28 bits per heavy atom. The third-order valence-electron chi connectivity index (χ3n) is 13.7. The fraction of sp³-hybridized carbons (Fsp3) is 0.489. The van der Waals surface area contributed by atoms with Crippen molar-refractivity contribution >= 4 is 45.1 Å². The zero-order valence-electron chi connectivity index (χ0n) is 36.7. The molecule has 0 aliphatic carbocycles. The van der Waals surface area contributed by atoms with Gasteiger partial charge in [-0.05, 0) is 66.2 Å². The van der Waals surface area contributed by atoms with Gasteiger partial charge in [0.2, 0.25) is 11.9 Å². The van der Waals surface area contributed by atoms with Crippen LogP contribution in [-0.2, 0) is 35.7 Å². The summed E-state index contributed by atoms with van der Waals surface area (Å²) in [5.41, 5.74) is 11.8. The van der Waals surface area contributed by atoms with Gasteiger partial charge in [-0.2, -0.15) is 0 Å². The molecule has 17 heteroatoms. The highest BCUT2D eigenvalue weighted by atomic mass is 32.1. The number of aromatic hydroxyl groups is 2. The number of fused-ring (bicyclic) bond motifs is 2. The number of piperidine rings is 1. The van der Waals surface area contributed by atoms with Crippen LogP contribution < -0.4 is 10.6 Å². The number of benzene rings is 2. The largest absolute Gasteiger partial charge is 0.508 e. The van der Waals surface area contributed by atoms with E-state index in [0.717, 1.165) is 124 Å². The lowest BCUT2D eigenvalue weighted by Crippen LogP contribution is -2.65. The summed E-state index contributed by atoms with van der Waals surface area (Å²) < 4.78 is 6.71. The van der Waals surface area contributed by atoms with Crippen molar-refractivity contribution in [1.82, 2.24) is 44.4 Å². The summed E-state index contributed by atoms with van der Waals surface area (Å²) >= 11 is 1.76. The maximum Gasteiger partial charge on any atom is 0.258 e. The quantitative estimate of drug-likeness (QED) is 0.178. The van der Waals surface area contributed by atoms with Gasteiger partial charge in [0, 0.05) is 114 Å². The Kier molecular flexibility index (Phi) is 11.8. The number of nitrogen functional groups attached to an aromatic ring is 1. The second-order valence-corrected chi connectivity index (χ2v) is 19.5. The molecule has 0 bridgehead atoms. The number of phenols is 2. The Labute approximate surface area is 377 Å². The second kappa shape index (κ2) is 17.8. The summed E-state index contributed by atoms with van der Waals surface area (Å²) in [7, 11) is 0. The molecule has 4 saturated heterocycles. The molecule has 5 aliphatic rings. The summed E-state index contributed by atoms with van der Waals surface area (Å²) in [6.07, 6.45) is 5.10. The number of likely N-dealkylation sites (tertiary alicyclic amines) is 2. The van der Waals surface area contributed by atoms with Gasteiger partial charge < -0.3 is 35.4 Å². The number of nitrogens with zero attached hydrogens (tertiary/aromatic N) is 10. The standard InChI is InChI=1S/C47H57N11O5S/c1-29(2)37-19-38(41(60)20-40(37)59)46(62)57-24-32-4-3-30(17-33(32)25-57)23-54-9-11-55(12-10-54)35-26-58(27-35)45(61)31-5-7-53(8-6-31)28-36-18-39-42(64-36)44(56-13-15-63-16-14-56)52-43(51-39)34-21-49-47(48)50-22-34/h3-4,17-22,29,31,35,59-60H,5-16,23-28H2,1-2H3,(H2,48,49,50). The zero-order chi connectivity index (χ0) is 44.1. The lowest BCUT2D eigenvalue weighted by molar-refractivity contribution is -0.145. The number of aromatic nitrogens is 4. The van der Waals surface area contributed by atoms with E-state index in [2.05, 4.69) is 58.7 Å². The molecule has 0 radical (unpaired) electrons. The normalized spacial score (nSPS) is 19.5. The summed E-state index contributed by atoms with van der Waals surface area (Å²) in [4.78, 5) is 60.3. The molecule has 4 fully saturated rings. The molecule has 5 aliphatic heterocycles. The van der Waals surface area contributed by atoms with Crippen LogP contribution >= 0.6 is 11.3 Å². The predicted octanol–water partition coefficient (Wildman–Crippen LogP) is 4.50. The zero-order valence-corrected chi connectivity index (χ0v) is 37.5. The number of hydrogen-bond donors (Lipinski definition) is 3. The van der Waals surface area contributed by atoms with Crippen LogP contribution in [0.2, 0.25) is 0 Å². The smallest absolute Gasteiger partial charge is 0.258 e. The van der Waals surface area contributed by atoms with Gasteiger partial charge in [-0.25, -0.2) is 19.9 Å². The minimum Gasteiger partial charge on any atom is -0.508 e. The lowest BCUT2D eigenvalue weighted by atomic mass is 9.93. The van der Waals surface area contributed by atoms with E-state index in [4.69, 9.17) is 20.4 Å². The molecule has 0 spiro atoms. The molecular weight excluding hydrogens is 831 g/mol. The van der Waals surface area contributed by atoms with E-state index in [-0.39, 0.29) is 40.8 Å². The number of piperazine rings is 1. The molecule has 4 N–H and O–H groups in total. The van der Waals surface area contributed by atoms with Crippen LogP contribution in [0.15, 0.2) is 48.8 Å². The number of anilines is 2. The van der Waals surface area contributed by atoms with Crippen LogP contribution in [0, 0.1) is 5.92 Å². The predicted molar refractivity (Wildman–Crippen MR) is 245 cm³/mol. The number of rotatable bonds is 10. The number of hydrogen-bond acceptors (Lipinski definition) is 15. The molecular formula is C47H57N11O5S. The number of morpholine rings is 1. The minimum atomic E-state index is -0.230. The summed E-state index contributed by atoms with van der Waals surface area (Å²) in [6, 6.07) is 12.0. The SMILES string of the molecule is CC(C)c1cc(C(=O)N2Cc3ccc(CN4CCN(C5CN(C(=O)C6CCN(Cc7cc8nc(-c9cnc(N)nc9)nc(N9CCOCC9)c8s7)CC6)C5)CC4)cc3C2)c(O)cc1O. The van der Waals surface area contributed by atoms with Crippen LogP contribution in [0.1, 0.15) is 70.1 Å². The van der Waals surface area contributed by atoms with E-state index in [1.54, 1.807) is 34.7 Å². The van der Waals surface area contributed by atoms with E-state index in [9.17, 15) is 19.8 Å². The highest BCUT2D eigenvalue weighted by molar-refractivity contribution is 7.19. The molecule has 0 unspecified atom stereocenters. The molecule has 0 atom stereocenters. The Morgan fingerprint density at radius 2 is 1.55 bits per heavy atom. The van der Waals surface area contributed by atoms with Crippen molar-refractivity contribution in [3.05, 3.63) is 81.5 Å². The first kappa shape index (κ1) is 42.5. The van der Waals surface area contributed by atoms with Crippen molar-refractivity contribution in [2.75, 3.05) is 89.3 Å². The van der Waals surface area contributed by atoms with Gasteiger partial charge >= 0.3 is 0 Å². The Balaban J connectivity index is 0.676. The molecule has 8 heterocycles. The van der Waals surface area contributed by atoms with Crippen molar-refractivity contribution in [3.63, 3.8) is 0 Å². The Hall–Kier alpha value is -5.46. The topological polar surface area (TPSA) is 181 Å². The van der Waals surface area contributed by atoms with Gasteiger partial charge in [0.1, 0.15) is 11.5 Å². The number of carbonyl (C=O) groups excluding carboxylic acids is 2. The van der Waals surface area contributed by atoms with Crippen molar-refractivity contribution in [3.8, 4) is 22.9 Å². The number of amides is 2. The van der Waals surface area contributed by atoms with E-state index in [1.165, 1.54) is 16.5 Å². The number of carbonyl (C=O) groups is 2. The third kappa shape index (κ3) is 8.71. The number of nitrogens with two attached hydrogens (primary N) is 1. The summed E-state index contributed by atoms with van der Waals surface area (Å²) in [5, 5.41) is 20.8. The molecule has 3 aromatic heterocycles. The van der Waals surface area contributed by atoms with E-state index >= 15 is 0 Å². The molecule has 336 valence electrons. The van der Waals surface area contributed by atoms with Crippen molar-refractivity contribution in [2.45, 2.75) is 64.8 Å². The second-order valence-electron chi connectivity index (χ2n) is 18.3.